The van der Waals surface area contributed by atoms with Crippen molar-refractivity contribution in [3.63, 3.8) is 0 Å². The summed E-state index contributed by atoms with van der Waals surface area (Å²) in [5.74, 6) is 2.35. The molecular formula is C38H25N5O. The second-order valence-corrected chi connectivity index (χ2v) is 11.0. The molecule has 0 spiro atoms. The Morgan fingerprint density at radius 1 is 0.591 bits per heavy atom. The Kier molecular flexibility index (Phi) is 5.31. The normalized spacial score (nSPS) is 11.8. The van der Waals surface area contributed by atoms with Gasteiger partial charge in [0.1, 0.15) is 23.0 Å². The van der Waals surface area contributed by atoms with Gasteiger partial charge in [0.2, 0.25) is 0 Å². The van der Waals surface area contributed by atoms with Gasteiger partial charge < -0.3 is 4.74 Å². The number of nitrogens with zero attached hydrogens (tertiary/aromatic N) is 5. The van der Waals surface area contributed by atoms with E-state index in [-0.39, 0.29) is 0 Å². The zero-order chi connectivity index (χ0) is 29.2. The van der Waals surface area contributed by atoms with Gasteiger partial charge in [0.25, 0.3) is 0 Å². The first kappa shape index (κ1) is 24.6. The maximum absolute atomic E-state index is 6.56. The molecule has 0 bridgehead atoms. The van der Waals surface area contributed by atoms with Crippen molar-refractivity contribution in [1.29, 1.82) is 0 Å². The summed E-state index contributed by atoms with van der Waals surface area (Å²) in [6.07, 6.45) is 5.77. The predicted octanol–water partition coefficient (Wildman–Crippen LogP) is 9.30. The number of imidazole rings is 1. The molecule has 5 aromatic heterocycles. The first-order valence-electron chi connectivity index (χ1n) is 14.6. The fourth-order valence-corrected chi connectivity index (χ4v) is 6.40. The van der Waals surface area contributed by atoms with E-state index in [0.29, 0.717) is 0 Å². The summed E-state index contributed by atoms with van der Waals surface area (Å²) in [4.78, 5) is 14.6. The first-order chi connectivity index (χ1) is 21.7. The highest BCUT2D eigenvalue weighted by atomic mass is 16.5. The molecule has 208 valence electrons. The number of rotatable bonds is 4. The van der Waals surface area contributed by atoms with E-state index in [4.69, 9.17) is 14.7 Å². The molecule has 0 fully saturated rings. The van der Waals surface area contributed by atoms with Gasteiger partial charge >= 0.3 is 0 Å². The molecule has 0 N–H and O–H groups in total. The van der Waals surface area contributed by atoms with Crippen molar-refractivity contribution < 1.29 is 4.74 Å². The van der Waals surface area contributed by atoms with E-state index in [1.807, 2.05) is 48.8 Å². The largest absolute Gasteiger partial charge is 0.457 e. The van der Waals surface area contributed by atoms with Crippen molar-refractivity contribution in [1.82, 2.24) is 23.9 Å². The third-order valence-corrected chi connectivity index (χ3v) is 8.42. The van der Waals surface area contributed by atoms with Gasteiger partial charge in [-0.3, -0.25) is 14.0 Å². The monoisotopic (exact) mass is 567 g/mol. The van der Waals surface area contributed by atoms with Crippen molar-refractivity contribution in [2.45, 2.75) is 6.92 Å². The number of hydrogen-bond donors (Lipinski definition) is 0. The van der Waals surface area contributed by atoms with Crippen molar-refractivity contribution in [2.75, 3.05) is 0 Å². The smallest absolute Gasteiger partial charge is 0.146 e. The highest BCUT2D eigenvalue weighted by Gasteiger charge is 2.17. The van der Waals surface area contributed by atoms with Crippen LogP contribution in [-0.4, -0.2) is 23.9 Å². The quantitative estimate of drug-likeness (QED) is 0.199. The van der Waals surface area contributed by atoms with Crippen molar-refractivity contribution >= 4 is 49.3 Å². The van der Waals surface area contributed by atoms with Gasteiger partial charge in [-0.15, -0.1) is 0 Å². The molecule has 6 heteroatoms. The summed E-state index contributed by atoms with van der Waals surface area (Å²) in [7, 11) is 0. The Morgan fingerprint density at radius 2 is 1.34 bits per heavy atom. The average molecular weight is 568 g/mol. The standard InChI is InChI=1S/C38H25N5O/c1-24-9-2-3-10-27(24)32-23-42-34-13-8-20-40-37(34)30-18-16-25(21-31(30)38(42)41-32)44-26-15-17-29-28-11-4-5-12-33(28)43(35(29)22-26)36-14-6-7-19-39-36/h2-23H,1H3. The second-order valence-electron chi connectivity index (χ2n) is 11.0. The van der Waals surface area contributed by atoms with Crippen LogP contribution < -0.4 is 4.74 Å². The Balaban J connectivity index is 1.22. The zero-order valence-electron chi connectivity index (χ0n) is 23.8. The average Bonchev–Trinajstić information content (AvgIpc) is 3.66. The minimum atomic E-state index is 0.731. The summed E-state index contributed by atoms with van der Waals surface area (Å²) in [6.45, 7) is 2.12. The lowest BCUT2D eigenvalue weighted by Crippen LogP contribution is -1.96. The Bertz CT molecular complexity index is 2550. The van der Waals surface area contributed by atoms with Gasteiger partial charge in [0.15, 0.2) is 0 Å². The lowest BCUT2D eigenvalue weighted by molar-refractivity contribution is 0.484. The molecule has 9 aromatic rings. The van der Waals surface area contributed by atoms with Gasteiger partial charge in [-0.25, -0.2) is 9.97 Å². The van der Waals surface area contributed by atoms with E-state index in [0.717, 1.165) is 72.4 Å². The number of benzene rings is 4. The molecule has 44 heavy (non-hydrogen) atoms. The summed E-state index contributed by atoms with van der Waals surface area (Å²) in [5.41, 5.74) is 8.19. The molecule has 0 aliphatic heterocycles. The Labute approximate surface area is 252 Å². The van der Waals surface area contributed by atoms with Crippen LogP contribution in [-0.2, 0) is 0 Å². The van der Waals surface area contributed by atoms with Crippen LogP contribution >= 0.6 is 0 Å². The Morgan fingerprint density at radius 3 is 2.23 bits per heavy atom. The molecule has 6 nitrogen and oxygen atoms in total. The number of aryl methyl sites for hydroxylation is 1. The lowest BCUT2D eigenvalue weighted by Gasteiger charge is -2.11. The van der Waals surface area contributed by atoms with Gasteiger partial charge in [0.05, 0.1) is 27.8 Å². The molecule has 4 aromatic carbocycles. The van der Waals surface area contributed by atoms with Gasteiger partial charge in [0, 0.05) is 51.8 Å². The third-order valence-electron chi connectivity index (χ3n) is 8.42. The molecule has 0 unspecified atom stereocenters. The van der Waals surface area contributed by atoms with Crippen LogP contribution in [0, 0.1) is 6.92 Å². The molecule has 0 amide bonds. The molecule has 0 radical (unpaired) electrons. The number of fused-ring (bicyclic) bond motifs is 9. The predicted molar refractivity (Wildman–Crippen MR) is 177 cm³/mol. The fourth-order valence-electron chi connectivity index (χ4n) is 6.40. The summed E-state index contributed by atoms with van der Waals surface area (Å²) in [6, 6.07) is 39.2. The van der Waals surface area contributed by atoms with E-state index in [1.54, 1.807) is 0 Å². The van der Waals surface area contributed by atoms with Gasteiger partial charge in [-0.1, -0.05) is 48.5 Å². The molecule has 0 saturated heterocycles. The minimum Gasteiger partial charge on any atom is -0.457 e. The van der Waals surface area contributed by atoms with Crippen molar-refractivity contribution in [2.24, 2.45) is 0 Å². The van der Waals surface area contributed by atoms with Crippen LogP contribution in [0.3, 0.4) is 0 Å². The summed E-state index contributed by atoms with van der Waals surface area (Å²) < 4.78 is 10.9. The highest BCUT2D eigenvalue weighted by Crippen LogP contribution is 2.37. The summed E-state index contributed by atoms with van der Waals surface area (Å²) in [5, 5.41) is 4.35. The second kappa shape index (κ2) is 9.51. The van der Waals surface area contributed by atoms with Gasteiger partial charge in [-0.2, -0.15) is 0 Å². The maximum atomic E-state index is 6.56. The topological polar surface area (TPSA) is 57.2 Å². The molecule has 0 aliphatic carbocycles. The molecule has 0 atom stereocenters. The van der Waals surface area contributed by atoms with E-state index in [2.05, 4.69) is 106 Å². The highest BCUT2D eigenvalue weighted by molar-refractivity contribution is 6.11. The number of ether oxygens (including phenoxy) is 1. The number of para-hydroxylation sites is 1. The summed E-state index contributed by atoms with van der Waals surface area (Å²) >= 11 is 0. The molecule has 5 heterocycles. The van der Waals surface area contributed by atoms with Crippen LogP contribution in [0.2, 0.25) is 0 Å². The number of aromatic nitrogens is 5. The van der Waals surface area contributed by atoms with E-state index in [1.165, 1.54) is 10.9 Å². The number of pyridine rings is 3. The van der Waals surface area contributed by atoms with E-state index >= 15 is 0 Å². The molecular weight excluding hydrogens is 542 g/mol. The maximum Gasteiger partial charge on any atom is 0.146 e. The first-order valence-corrected chi connectivity index (χ1v) is 14.6. The van der Waals surface area contributed by atoms with Crippen LogP contribution in [0.5, 0.6) is 11.5 Å². The van der Waals surface area contributed by atoms with Crippen LogP contribution in [0.15, 0.2) is 134 Å². The minimum absolute atomic E-state index is 0.731. The third kappa shape index (κ3) is 3.71. The molecule has 9 rings (SSSR count). The van der Waals surface area contributed by atoms with Gasteiger partial charge in [-0.05, 0) is 73.2 Å². The van der Waals surface area contributed by atoms with E-state index < -0.39 is 0 Å². The SMILES string of the molecule is Cc1ccccc1-c1cn2c3cccnc3c3ccc(Oc4ccc5c6ccccc6n(-c6ccccn6)c5c4)cc3c2n1. The van der Waals surface area contributed by atoms with Crippen LogP contribution in [0.25, 0.3) is 66.3 Å². The van der Waals surface area contributed by atoms with Crippen molar-refractivity contribution in [3.8, 4) is 28.6 Å². The van der Waals surface area contributed by atoms with E-state index in [9.17, 15) is 0 Å². The molecule has 0 aliphatic rings. The van der Waals surface area contributed by atoms with Crippen LogP contribution in [0.4, 0.5) is 0 Å². The zero-order valence-corrected chi connectivity index (χ0v) is 23.8. The Hall–Kier alpha value is -6.01. The lowest BCUT2D eigenvalue weighted by atomic mass is 10.1. The molecule has 0 saturated carbocycles. The van der Waals surface area contributed by atoms with Crippen molar-refractivity contribution in [3.05, 3.63) is 139 Å². The van der Waals surface area contributed by atoms with Crippen LogP contribution in [0.1, 0.15) is 5.56 Å². The number of hydrogen-bond acceptors (Lipinski definition) is 4. The fraction of sp³-hybridized carbons (Fsp3) is 0.0263.